The maximum atomic E-state index is 10.3. The number of aliphatic imine (C=N–C) groups is 1. The minimum atomic E-state index is -0.474. The predicted molar refractivity (Wildman–Crippen MR) is 32.6 cm³/mol. The van der Waals surface area contributed by atoms with E-state index < -0.39 is 6.03 Å². The van der Waals surface area contributed by atoms with Gasteiger partial charge in [-0.15, -0.1) is 5.11 Å². The second kappa shape index (κ2) is 2.48. The molecule has 0 saturated heterocycles. The Labute approximate surface area is 52.7 Å². The molecule has 2 amide bonds. The van der Waals surface area contributed by atoms with Gasteiger partial charge in [-0.1, -0.05) is 12.0 Å². The van der Waals surface area contributed by atoms with Crippen LogP contribution in [0.3, 0.4) is 0 Å². The summed E-state index contributed by atoms with van der Waals surface area (Å²) in [5, 5.41) is 6.75. The van der Waals surface area contributed by atoms with Gasteiger partial charge in [0.1, 0.15) is 0 Å². The van der Waals surface area contributed by atoms with Crippen molar-refractivity contribution in [1.29, 1.82) is 0 Å². The first kappa shape index (κ1) is 6.07. The fourth-order valence-corrected chi connectivity index (χ4v) is 0.585. The topological polar surface area (TPSA) is 54.1 Å². The number of hydrogen-bond acceptors (Lipinski definition) is 2. The van der Waals surface area contributed by atoms with Crippen LogP contribution in [0, 0.1) is 0 Å². The van der Waals surface area contributed by atoms with Gasteiger partial charge >= 0.3 is 6.03 Å². The van der Waals surface area contributed by atoms with Crippen molar-refractivity contribution in [3.05, 3.63) is 0 Å². The van der Waals surface area contributed by atoms with Crippen LogP contribution in [0.25, 0.3) is 0 Å². The molecule has 0 aromatic carbocycles. The molecule has 0 radical (unpaired) electrons. The third-order valence-electron chi connectivity index (χ3n) is 0.949. The average Bonchev–Trinajstić information content (AvgIpc) is 2.17. The van der Waals surface area contributed by atoms with Gasteiger partial charge in [0.05, 0.1) is 0 Å². The Kier molecular flexibility index (Phi) is 1.67. The number of urea groups is 1. The van der Waals surface area contributed by atoms with E-state index in [1.807, 2.05) is 6.92 Å². The van der Waals surface area contributed by atoms with E-state index in [1.54, 1.807) is 0 Å². The Morgan fingerprint density at radius 2 is 2.22 bits per heavy atom. The number of carbonyl (C=O) groups is 1. The Morgan fingerprint density at radius 1 is 1.44 bits per heavy atom. The van der Waals surface area contributed by atoms with Gasteiger partial charge < -0.3 is 0 Å². The highest BCUT2D eigenvalue weighted by Gasteiger charge is 2.07. The number of nitrogens with zero attached hydrogens (tertiary/aromatic N) is 3. The van der Waals surface area contributed by atoms with E-state index in [1.165, 1.54) is 0 Å². The van der Waals surface area contributed by atoms with Crippen LogP contribution in [0.4, 0.5) is 4.79 Å². The van der Waals surface area contributed by atoms with E-state index in [9.17, 15) is 4.79 Å². The van der Waals surface area contributed by atoms with Gasteiger partial charge in [-0.25, -0.2) is 4.79 Å². The molecule has 1 rings (SSSR count). The Hall–Kier alpha value is -1.06. The standard InChI is InChI=1S/C5H7N3O/c1-2-3-4-6-5(9)8-7-4/h2-3H2,1H3. The monoisotopic (exact) mass is 125 g/mol. The first-order valence-electron chi connectivity index (χ1n) is 2.86. The molecule has 48 valence electrons. The molecule has 0 fully saturated rings. The maximum Gasteiger partial charge on any atom is 0.387 e. The van der Waals surface area contributed by atoms with E-state index in [2.05, 4.69) is 15.2 Å². The number of carbonyl (C=O) groups excluding carboxylic acids is 1. The van der Waals surface area contributed by atoms with Crippen LogP contribution in [-0.4, -0.2) is 11.9 Å². The van der Waals surface area contributed by atoms with Crippen molar-refractivity contribution in [1.82, 2.24) is 0 Å². The molecular weight excluding hydrogens is 118 g/mol. The number of azo groups is 1. The second-order valence-electron chi connectivity index (χ2n) is 1.76. The maximum absolute atomic E-state index is 10.3. The summed E-state index contributed by atoms with van der Waals surface area (Å²) in [5.41, 5.74) is 0. The molecule has 0 aliphatic carbocycles. The van der Waals surface area contributed by atoms with Crippen LogP contribution in [0.15, 0.2) is 15.2 Å². The van der Waals surface area contributed by atoms with Crippen molar-refractivity contribution in [2.45, 2.75) is 19.8 Å². The highest BCUT2D eigenvalue weighted by atomic mass is 16.2. The molecule has 4 nitrogen and oxygen atoms in total. The lowest BCUT2D eigenvalue weighted by molar-refractivity contribution is 0.257. The van der Waals surface area contributed by atoms with E-state index in [0.29, 0.717) is 5.84 Å². The highest BCUT2D eigenvalue weighted by Crippen LogP contribution is 2.03. The van der Waals surface area contributed by atoms with Crippen LogP contribution >= 0.6 is 0 Å². The summed E-state index contributed by atoms with van der Waals surface area (Å²) in [4.78, 5) is 13.8. The van der Waals surface area contributed by atoms with E-state index in [0.717, 1.165) is 12.8 Å². The minimum absolute atomic E-state index is 0.474. The van der Waals surface area contributed by atoms with Crippen LogP contribution < -0.4 is 0 Å². The SMILES string of the molecule is CCCC1=NC(=O)N=N1. The van der Waals surface area contributed by atoms with E-state index >= 15 is 0 Å². The first-order chi connectivity index (χ1) is 4.33. The fourth-order valence-electron chi connectivity index (χ4n) is 0.585. The van der Waals surface area contributed by atoms with Crippen molar-refractivity contribution in [3.63, 3.8) is 0 Å². The number of amides is 2. The minimum Gasteiger partial charge on any atom is -0.242 e. The Bertz CT molecular complexity index is 183. The van der Waals surface area contributed by atoms with Crippen molar-refractivity contribution >= 4 is 11.9 Å². The van der Waals surface area contributed by atoms with Gasteiger partial charge in [0, 0.05) is 6.42 Å². The predicted octanol–water partition coefficient (Wildman–Crippen LogP) is 1.77. The lowest BCUT2D eigenvalue weighted by atomic mass is 10.3. The summed E-state index contributed by atoms with van der Waals surface area (Å²) >= 11 is 0. The summed E-state index contributed by atoms with van der Waals surface area (Å²) in [6.07, 6.45) is 1.69. The van der Waals surface area contributed by atoms with Crippen molar-refractivity contribution in [2.75, 3.05) is 0 Å². The van der Waals surface area contributed by atoms with Crippen LogP contribution in [0.2, 0.25) is 0 Å². The molecular formula is C5H7N3O. The number of hydrogen-bond donors (Lipinski definition) is 0. The van der Waals surface area contributed by atoms with Crippen LogP contribution in [0.5, 0.6) is 0 Å². The van der Waals surface area contributed by atoms with E-state index in [-0.39, 0.29) is 0 Å². The molecule has 1 heterocycles. The molecule has 0 N–H and O–H groups in total. The number of rotatable bonds is 2. The van der Waals surface area contributed by atoms with E-state index in [4.69, 9.17) is 0 Å². The zero-order valence-corrected chi connectivity index (χ0v) is 5.16. The Balaban J connectivity index is 2.53. The van der Waals surface area contributed by atoms with Gasteiger partial charge in [0.2, 0.25) is 0 Å². The highest BCUT2D eigenvalue weighted by molar-refractivity contribution is 5.98. The summed E-state index contributed by atoms with van der Waals surface area (Å²) in [5.74, 6) is 0.558. The molecule has 1 aliphatic rings. The summed E-state index contributed by atoms with van der Waals surface area (Å²) in [7, 11) is 0. The van der Waals surface area contributed by atoms with Crippen molar-refractivity contribution in [2.24, 2.45) is 15.2 Å². The summed E-state index contributed by atoms with van der Waals surface area (Å²) in [6, 6.07) is -0.474. The van der Waals surface area contributed by atoms with Gasteiger partial charge in [-0.3, -0.25) is 0 Å². The molecule has 1 aliphatic heterocycles. The van der Waals surface area contributed by atoms with Crippen molar-refractivity contribution < 1.29 is 4.79 Å². The quantitative estimate of drug-likeness (QED) is 0.554. The third kappa shape index (κ3) is 1.42. The molecule has 0 saturated carbocycles. The summed E-state index contributed by atoms with van der Waals surface area (Å²) < 4.78 is 0. The first-order valence-corrected chi connectivity index (χ1v) is 2.86. The second-order valence-corrected chi connectivity index (χ2v) is 1.76. The van der Waals surface area contributed by atoms with Gasteiger partial charge in [0.15, 0.2) is 5.84 Å². The average molecular weight is 125 g/mol. The zero-order valence-electron chi connectivity index (χ0n) is 5.16. The lowest BCUT2D eigenvalue weighted by Gasteiger charge is -1.84. The smallest absolute Gasteiger partial charge is 0.242 e. The number of amidine groups is 1. The van der Waals surface area contributed by atoms with Gasteiger partial charge in [-0.05, 0) is 6.42 Å². The molecule has 0 aromatic heterocycles. The Morgan fingerprint density at radius 3 is 2.67 bits per heavy atom. The molecule has 0 bridgehead atoms. The molecule has 4 heteroatoms. The zero-order chi connectivity index (χ0) is 6.69. The van der Waals surface area contributed by atoms with Crippen LogP contribution in [-0.2, 0) is 0 Å². The summed E-state index contributed by atoms with van der Waals surface area (Å²) in [6.45, 7) is 2.00. The lowest BCUT2D eigenvalue weighted by Crippen LogP contribution is -1.87. The normalized spacial score (nSPS) is 16.6. The van der Waals surface area contributed by atoms with Gasteiger partial charge in [-0.2, -0.15) is 4.99 Å². The largest absolute Gasteiger partial charge is 0.387 e. The third-order valence-corrected chi connectivity index (χ3v) is 0.949. The fraction of sp³-hybridized carbons (Fsp3) is 0.600. The molecule has 0 unspecified atom stereocenters. The molecule has 0 aromatic rings. The van der Waals surface area contributed by atoms with Crippen LogP contribution in [0.1, 0.15) is 19.8 Å². The van der Waals surface area contributed by atoms with Gasteiger partial charge in [0.25, 0.3) is 0 Å². The molecule has 0 spiro atoms. The molecule has 0 atom stereocenters. The molecule has 9 heavy (non-hydrogen) atoms. The van der Waals surface area contributed by atoms with Crippen molar-refractivity contribution in [3.8, 4) is 0 Å².